The first kappa shape index (κ1) is 23.7. The van der Waals surface area contributed by atoms with Crippen LogP contribution < -0.4 is 10.6 Å². The molecule has 9 heteroatoms. The van der Waals surface area contributed by atoms with E-state index in [1.165, 1.54) is 5.56 Å². The van der Waals surface area contributed by atoms with Crippen LogP contribution in [0.25, 0.3) is 0 Å². The van der Waals surface area contributed by atoms with Crippen molar-refractivity contribution in [3.8, 4) is 0 Å². The van der Waals surface area contributed by atoms with Gasteiger partial charge in [-0.2, -0.15) is 18.3 Å². The van der Waals surface area contributed by atoms with Crippen molar-refractivity contribution in [3.63, 3.8) is 0 Å². The Hall–Kier alpha value is -2.55. The highest BCUT2D eigenvalue weighted by Crippen LogP contribution is 2.16. The van der Waals surface area contributed by atoms with Crippen molar-refractivity contribution < 1.29 is 17.9 Å². The minimum Gasteiger partial charge on any atom is -0.367 e. The van der Waals surface area contributed by atoms with E-state index < -0.39 is 12.8 Å². The maximum Gasteiger partial charge on any atom is 0.411 e. The summed E-state index contributed by atoms with van der Waals surface area (Å²) < 4.78 is 43.0. The molecule has 0 atom stereocenters. The largest absolute Gasteiger partial charge is 0.411 e. The van der Waals surface area contributed by atoms with E-state index in [1.807, 2.05) is 37.7 Å². The summed E-state index contributed by atoms with van der Waals surface area (Å²) in [6.07, 6.45) is -3.46. The molecule has 0 saturated carbocycles. The summed E-state index contributed by atoms with van der Waals surface area (Å²) in [4.78, 5) is 4.58. The number of alkyl halides is 3. The van der Waals surface area contributed by atoms with Crippen molar-refractivity contribution in [2.24, 2.45) is 12.0 Å². The zero-order valence-corrected chi connectivity index (χ0v) is 17.9. The highest BCUT2D eigenvalue weighted by atomic mass is 19.4. The molecule has 0 fully saturated rings. The number of aromatic nitrogens is 2. The lowest BCUT2D eigenvalue weighted by Crippen LogP contribution is -2.38. The first-order chi connectivity index (χ1) is 14.2. The number of rotatable bonds is 9. The molecule has 1 aromatic heterocycles. The van der Waals surface area contributed by atoms with E-state index in [-0.39, 0.29) is 6.61 Å². The van der Waals surface area contributed by atoms with Gasteiger partial charge in [0.05, 0.1) is 18.8 Å². The average Bonchev–Trinajstić information content (AvgIpc) is 2.92. The van der Waals surface area contributed by atoms with Gasteiger partial charge in [0.25, 0.3) is 0 Å². The summed E-state index contributed by atoms with van der Waals surface area (Å²) in [5, 5.41) is 11.0. The maximum absolute atomic E-state index is 12.1. The van der Waals surface area contributed by atoms with Crippen molar-refractivity contribution in [2.75, 3.05) is 19.7 Å². The Kier molecular flexibility index (Phi) is 8.71. The second kappa shape index (κ2) is 11.0. The summed E-state index contributed by atoms with van der Waals surface area (Å²) in [5.74, 6) is 0.717. The quantitative estimate of drug-likeness (QED) is 0.477. The van der Waals surface area contributed by atoms with Crippen LogP contribution in [0.2, 0.25) is 0 Å². The van der Waals surface area contributed by atoms with Crippen molar-refractivity contribution in [1.29, 1.82) is 0 Å². The Morgan fingerprint density at radius 2 is 1.80 bits per heavy atom. The summed E-state index contributed by atoms with van der Waals surface area (Å²) in [6, 6.07) is 7.22. The second-order valence-corrected chi connectivity index (χ2v) is 7.07. The molecule has 0 spiro atoms. The van der Waals surface area contributed by atoms with Gasteiger partial charge in [-0.1, -0.05) is 24.3 Å². The number of ether oxygens (including phenoxy) is 1. The molecular weight excluding hydrogens is 395 g/mol. The molecule has 0 saturated heterocycles. The molecule has 1 heterocycles. The monoisotopic (exact) mass is 425 g/mol. The van der Waals surface area contributed by atoms with Gasteiger partial charge in [-0.05, 0) is 43.9 Å². The lowest BCUT2D eigenvalue weighted by atomic mass is 10.1. The van der Waals surface area contributed by atoms with E-state index in [2.05, 4.69) is 32.4 Å². The zero-order chi connectivity index (χ0) is 22.1. The van der Waals surface area contributed by atoms with Crippen LogP contribution in [0.1, 0.15) is 35.0 Å². The number of guanidine groups is 1. The predicted molar refractivity (Wildman–Crippen MR) is 111 cm³/mol. The van der Waals surface area contributed by atoms with Gasteiger partial charge >= 0.3 is 6.18 Å². The Morgan fingerprint density at radius 3 is 2.37 bits per heavy atom. The van der Waals surface area contributed by atoms with Crippen molar-refractivity contribution in [1.82, 2.24) is 20.4 Å². The number of nitrogens with zero attached hydrogens (tertiary/aromatic N) is 3. The third-order valence-electron chi connectivity index (χ3n) is 4.65. The van der Waals surface area contributed by atoms with Crippen molar-refractivity contribution in [3.05, 3.63) is 52.3 Å². The van der Waals surface area contributed by atoms with Crippen LogP contribution in [-0.2, 0) is 31.4 Å². The summed E-state index contributed by atoms with van der Waals surface area (Å²) in [7, 11) is 1.94. The number of nitrogens with one attached hydrogen (secondary N) is 2. The zero-order valence-electron chi connectivity index (χ0n) is 17.9. The molecule has 6 nitrogen and oxygen atoms in total. The lowest BCUT2D eigenvalue weighted by molar-refractivity contribution is -0.176. The normalized spacial score (nSPS) is 12.3. The molecule has 0 unspecified atom stereocenters. The van der Waals surface area contributed by atoms with Crippen molar-refractivity contribution >= 4 is 5.96 Å². The average molecular weight is 425 g/mol. The number of hydrogen-bond donors (Lipinski definition) is 2. The molecule has 2 rings (SSSR count). The number of aliphatic imine (C=N–C) groups is 1. The fourth-order valence-electron chi connectivity index (χ4n) is 3.02. The smallest absolute Gasteiger partial charge is 0.367 e. The first-order valence-corrected chi connectivity index (χ1v) is 9.93. The molecule has 0 amide bonds. The third-order valence-corrected chi connectivity index (χ3v) is 4.65. The van der Waals surface area contributed by atoms with Gasteiger partial charge < -0.3 is 15.4 Å². The molecule has 0 aliphatic rings. The summed E-state index contributed by atoms with van der Waals surface area (Å²) >= 11 is 0. The van der Waals surface area contributed by atoms with Gasteiger partial charge in [0.2, 0.25) is 0 Å². The Bertz CT molecular complexity index is 828. The van der Waals surface area contributed by atoms with Crippen LogP contribution in [0.15, 0.2) is 29.3 Å². The van der Waals surface area contributed by atoms with E-state index in [9.17, 15) is 13.2 Å². The number of halogens is 3. The van der Waals surface area contributed by atoms with E-state index in [0.717, 1.165) is 36.5 Å². The molecule has 0 radical (unpaired) electrons. The highest BCUT2D eigenvalue weighted by molar-refractivity contribution is 5.79. The van der Waals surface area contributed by atoms with E-state index in [1.54, 1.807) is 12.1 Å². The third kappa shape index (κ3) is 7.70. The maximum atomic E-state index is 12.1. The standard InChI is InChI=1S/C21H30F3N5O/c1-5-25-20(26-11-10-19-15(2)28-29(4)16(19)3)27-12-17-6-8-18(9-7-17)13-30-14-21(22,23)24/h6-9H,5,10-14H2,1-4H3,(H2,25,26,27). The minimum absolute atomic E-state index is 0.0690. The SMILES string of the molecule is CCNC(=NCc1ccc(COCC(F)(F)F)cc1)NCCc1c(C)nn(C)c1C. The van der Waals surface area contributed by atoms with Crippen LogP contribution in [0.5, 0.6) is 0 Å². The molecule has 2 aromatic rings. The Labute approximate surface area is 175 Å². The minimum atomic E-state index is -4.31. The summed E-state index contributed by atoms with van der Waals surface area (Å²) in [5.41, 5.74) is 5.10. The molecule has 0 bridgehead atoms. The number of hydrogen-bond acceptors (Lipinski definition) is 3. The van der Waals surface area contributed by atoms with E-state index >= 15 is 0 Å². The molecule has 0 aliphatic carbocycles. The molecule has 30 heavy (non-hydrogen) atoms. The second-order valence-electron chi connectivity index (χ2n) is 7.07. The van der Waals surface area contributed by atoms with Gasteiger partial charge in [-0.15, -0.1) is 0 Å². The Morgan fingerprint density at radius 1 is 1.13 bits per heavy atom. The van der Waals surface area contributed by atoms with Gasteiger partial charge in [0, 0.05) is 25.8 Å². The van der Waals surface area contributed by atoms with Crippen LogP contribution >= 0.6 is 0 Å². The number of aryl methyl sites for hydroxylation is 2. The Balaban J connectivity index is 1.86. The van der Waals surface area contributed by atoms with E-state index in [0.29, 0.717) is 18.1 Å². The molecule has 166 valence electrons. The fraction of sp³-hybridized carbons (Fsp3) is 0.524. The lowest BCUT2D eigenvalue weighted by Gasteiger charge is -2.12. The molecule has 1 aromatic carbocycles. The van der Waals surface area contributed by atoms with Gasteiger partial charge in [0.1, 0.15) is 6.61 Å². The molecule has 0 aliphatic heterocycles. The molecule has 2 N–H and O–H groups in total. The summed E-state index contributed by atoms with van der Waals surface area (Å²) in [6.45, 7) is 6.70. The molecular formula is C21H30F3N5O. The van der Waals surface area contributed by atoms with E-state index in [4.69, 9.17) is 0 Å². The van der Waals surface area contributed by atoms with Gasteiger partial charge in [0.15, 0.2) is 5.96 Å². The van der Waals surface area contributed by atoms with Crippen LogP contribution in [0.3, 0.4) is 0 Å². The van der Waals surface area contributed by atoms with Crippen LogP contribution in [-0.4, -0.2) is 41.6 Å². The highest BCUT2D eigenvalue weighted by Gasteiger charge is 2.27. The van der Waals surface area contributed by atoms with Gasteiger partial charge in [-0.25, -0.2) is 4.99 Å². The number of benzene rings is 1. The van der Waals surface area contributed by atoms with Crippen molar-refractivity contribution in [2.45, 2.75) is 46.5 Å². The fourth-order valence-corrected chi connectivity index (χ4v) is 3.02. The predicted octanol–water partition coefficient (Wildman–Crippen LogP) is 3.41. The first-order valence-electron chi connectivity index (χ1n) is 9.93. The van der Waals surface area contributed by atoms with Crippen LogP contribution in [0.4, 0.5) is 13.2 Å². The van der Waals surface area contributed by atoms with Gasteiger partial charge in [-0.3, -0.25) is 4.68 Å². The van der Waals surface area contributed by atoms with Crippen LogP contribution in [0, 0.1) is 13.8 Å². The topological polar surface area (TPSA) is 63.5 Å².